The molecule has 2 aromatic heterocycles. The summed E-state index contributed by atoms with van der Waals surface area (Å²) in [4.78, 5) is 26.3. The van der Waals surface area contributed by atoms with Gasteiger partial charge in [0.25, 0.3) is 0 Å². The van der Waals surface area contributed by atoms with E-state index in [2.05, 4.69) is 20.0 Å². The van der Waals surface area contributed by atoms with Crippen LogP contribution in [0.3, 0.4) is 0 Å². The van der Waals surface area contributed by atoms with Crippen LogP contribution in [0.25, 0.3) is 0 Å². The zero-order valence-corrected chi connectivity index (χ0v) is 15.9. The lowest BCUT2D eigenvalue weighted by Crippen LogP contribution is -2.42. The van der Waals surface area contributed by atoms with Gasteiger partial charge in [-0.05, 0) is 57.3 Å². The van der Waals surface area contributed by atoms with Gasteiger partial charge in [0.1, 0.15) is 6.04 Å². The highest BCUT2D eigenvalue weighted by atomic mass is 16.5. The molecule has 2 fully saturated rings. The Kier molecular flexibility index (Phi) is 5.48. The Hall–Kier alpha value is -2.28. The van der Waals surface area contributed by atoms with E-state index in [4.69, 9.17) is 4.52 Å². The monoisotopic (exact) mass is 369 g/mol. The number of hydrogen-bond acceptors (Lipinski definition) is 6. The minimum atomic E-state index is -0.292. The summed E-state index contributed by atoms with van der Waals surface area (Å²) in [6, 6.07) is 3.59. The van der Waals surface area contributed by atoms with Crippen LogP contribution in [0.5, 0.6) is 0 Å². The van der Waals surface area contributed by atoms with Crippen LogP contribution in [0.1, 0.15) is 68.3 Å². The fraction of sp³-hybridized carbons (Fsp3) is 0.600. The molecule has 4 rings (SSSR count). The molecule has 2 aromatic rings. The third-order valence-electron chi connectivity index (χ3n) is 5.70. The second-order valence-corrected chi connectivity index (χ2v) is 7.46. The SMILES string of the molecule is CCN(Cc1noc(C2CCC2)n1)C(=O)[C@H](c1cccnc1)N1CCCC1. The van der Waals surface area contributed by atoms with Crippen LogP contribution < -0.4 is 0 Å². The number of carbonyl (C=O) groups is 1. The zero-order valence-electron chi connectivity index (χ0n) is 15.9. The van der Waals surface area contributed by atoms with Crippen molar-refractivity contribution in [2.45, 2.75) is 57.5 Å². The van der Waals surface area contributed by atoms with Crippen molar-refractivity contribution in [1.29, 1.82) is 0 Å². The molecule has 1 amide bonds. The van der Waals surface area contributed by atoms with Gasteiger partial charge in [-0.1, -0.05) is 17.6 Å². The van der Waals surface area contributed by atoms with Gasteiger partial charge in [-0.15, -0.1) is 0 Å². The number of likely N-dealkylation sites (tertiary alicyclic amines) is 1. The smallest absolute Gasteiger partial charge is 0.244 e. The summed E-state index contributed by atoms with van der Waals surface area (Å²) in [7, 11) is 0. The van der Waals surface area contributed by atoms with Crippen molar-refractivity contribution in [3.8, 4) is 0 Å². The predicted molar refractivity (Wildman–Crippen MR) is 99.8 cm³/mol. The molecule has 0 aromatic carbocycles. The van der Waals surface area contributed by atoms with Gasteiger partial charge in [0.05, 0.1) is 6.54 Å². The highest BCUT2D eigenvalue weighted by Crippen LogP contribution is 2.35. The maximum Gasteiger partial charge on any atom is 0.244 e. The number of aromatic nitrogens is 3. The molecule has 1 atom stereocenters. The van der Waals surface area contributed by atoms with E-state index in [1.165, 1.54) is 6.42 Å². The summed E-state index contributed by atoms with van der Waals surface area (Å²) in [5, 5.41) is 4.11. The molecule has 1 aliphatic heterocycles. The first-order chi connectivity index (χ1) is 13.3. The van der Waals surface area contributed by atoms with Crippen molar-refractivity contribution < 1.29 is 9.32 Å². The average Bonchev–Trinajstić information content (AvgIpc) is 3.32. The number of likely N-dealkylation sites (N-methyl/N-ethyl adjacent to an activating group) is 1. The lowest BCUT2D eigenvalue weighted by atomic mass is 9.85. The first-order valence-electron chi connectivity index (χ1n) is 10.0. The maximum absolute atomic E-state index is 13.4. The fourth-order valence-electron chi connectivity index (χ4n) is 3.89. The second kappa shape index (κ2) is 8.17. The van der Waals surface area contributed by atoms with Gasteiger partial charge < -0.3 is 9.42 Å². The number of amides is 1. The Morgan fingerprint density at radius 3 is 2.78 bits per heavy atom. The lowest BCUT2D eigenvalue weighted by molar-refractivity contribution is -0.137. The number of rotatable bonds is 7. The van der Waals surface area contributed by atoms with Gasteiger partial charge in [0, 0.05) is 24.9 Å². The number of pyridine rings is 1. The van der Waals surface area contributed by atoms with Gasteiger partial charge in [0.15, 0.2) is 5.82 Å². The van der Waals surface area contributed by atoms with Crippen LogP contribution in [0.15, 0.2) is 29.0 Å². The second-order valence-electron chi connectivity index (χ2n) is 7.46. The Labute approximate surface area is 159 Å². The first kappa shape index (κ1) is 18.1. The third-order valence-corrected chi connectivity index (χ3v) is 5.70. The van der Waals surface area contributed by atoms with Crippen LogP contribution >= 0.6 is 0 Å². The minimum absolute atomic E-state index is 0.0856. The molecular weight excluding hydrogens is 342 g/mol. The van der Waals surface area contributed by atoms with Crippen LogP contribution in [0, 0.1) is 0 Å². The zero-order chi connectivity index (χ0) is 18.6. The minimum Gasteiger partial charge on any atom is -0.339 e. The van der Waals surface area contributed by atoms with E-state index in [0.29, 0.717) is 24.8 Å². The first-order valence-corrected chi connectivity index (χ1v) is 10.0. The highest BCUT2D eigenvalue weighted by Gasteiger charge is 2.33. The summed E-state index contributed by atoms with van der Waals surface area (Å²) in [6.45, 7) is 4.87. The Morgan fingerprint density at radius 1 is 1.33 bits per heavy atom. The van der Waals surface area contributed by atoms with E-state index in [-0.39, 0.29) is 11.9 Å². The quantitative estimate of drug-likeness (QED) is 0.747. The molecule has 27 heavy (non-hydrogen) atoms. The van der Waals surface area contributed by atoms with Crippen LogP contribution in [-0.2, 0) is 11.3 Å². The van der Waals surface area contributed by atoms with Crippen LogP contribution in [0.2, 0.25) is 0 Å². The van der Waals surface area contributed by atoms with Gasteiger partial charge in [-0.3, -0.25) is 14.7 Å². The van der Waals surface area contributed by atoms with Crippen LogP contribution in [-0.4, -0.2) is 50.5 Å². The summed E-state index contributed by atoms with van der Waals surface area (Å²) >= 11 is 0. The van der Waals surface area contributed by atoms with Crippen molar-refractivity contribution in [2.75, 3.05) is 19.6 Å². The fourth-order valence-corrected chi connectivity index (χ4v) is 3.89. The van der Waals surface area contributed by atoms with Crippen molar-refractivity contribution >= 4 is 5.91 Å². The molecule has 2 aliphatic rings. The normalized spacial score (nSPS) is 19.0. The summed E-state index contributed by atoms with van der Waals surface area (Å²) in [6.07, 6.45) is 9.28. The number of hydrogen-bond donors (Lipinski definition) is 0. The molecule has 0 spiro atoms. The van der Waals surface area contributed by atoms with Crippen molar-refractivity contribution in [3.63, 3.8) is 0 Å². The highest BCUT2D eigenvalue weighted by molar-refractivity contribution is 5.83. The van der Waals surface area contributed by atoms with Gasteiger partial charge in [-0.2, -0.15) is 4.98 Å². The molecule has 3 heterocycles. The standard InChI is InChI=1S/C20H27N5O2/c1-2-24(14-17-22-19(27-23-17)15-7-5-8-15)20(26)18(25-11-3-4-12-25)16-9-6-10-21-13-16/h6,9-10,13,15,18H,2-5,7-8,11-12,14H2,1H3/t18-/m0/s1. The third kappa shape index (κ3) is 3.88. The lowest BCUT2D eigenvalue weighted by Gasteiger charge is -2.31. The van der Waals surface area contributed by atoms with Crippen molar-refractivity contribution in [1.82, 2.24) is 24.9 Å². The topological polar surface area (TPSA) is 75.4 Å². The molecule has 0 unspecified atom stereocenters. The number of carbonyl (C=O) groups excluding carboxylic acids is 1. The molecule has 0 radical (unpaired) electrons. The number of nitrogens with zero attached hydrogens (tertiary/aromatic N) is 5. The summed E-state index contributed by atoms with van der Waals surface area (Å²) in [5.74, 6) is 1.81. The predicted octanol–water partition coefficient (Wildman–Crippen LogP) is 2.92. The molecule has 0 bridgehead atoms. The van der Waals surface area contributed by atoms with Gasteiger partial charge in [0.2, 0.25) is 11.8 Å². The Balaban J connectivity index is 1.52. The average molecular weight is 369 g/mol. The van der Waals surface area contributed by atoms with Crippen molar-refractivity contribution in [2.24, 2.45) is 0 Å². The van der Waals surface area contributed by atoms with E-state index in [1.807, 2.05) is 24.0 Å². The largest absolute Gasteiger partial charge is 0.339 e. The van der Waals surface area contributed by atoms with Crippen LogP contribution in [0.4, 0.5) is 0 Å². The van der Waals surface area contributed by atoms with E-state index in [0.717, 1.165) is 50.2 Å². The molecule has 144 valence electrons. The van der Waals surface area contributed by atoms with E-state index in [9.17, 15) is 4.79 Å². The molecule has 1 aliphatic carbocycles. The molecule has 7 heteroatoms. The van der Waals surface area contributed by atoms with Crippen molar-refractivity contribution in [3.05, 3.63) is 41.8 Å². The summed E-state index contributed by atoms with van der Waals surface area (Å²) in [5.41, 5.74) is 0.950. The van der Waals surface area contributed by atoms with E-state index in [1.54, 1.807) is 12.4 Å². The Morgan fingerprint density at radius 2 is 2.15 bits per heavy atom. The maximum atomic E-state index is 13.4. The molecule has 1 saturated heterocycles. The summed E-state index contributed by atoms with van der Waals surface area (Å²) < 4.78 is 5.42. The molecule has 7 nitrogen and oxygen atoms in total. The van der Waals surface area contributed by atoms with Gasteiger partial charge >= 0.3 is 0 Å². The molecule has 0 N–H and O–H groups in total. The van der Waals surface area contributed by atoms with Gasteiger partial charge in [-0.25, -0.2) is 0 Å². The van der Waals surface area contributed by atoms with E-state index >= 15 is 0 Å². The molecule has 1 saturated carbocycles. The van der Waals surface area contributed by atoms with E-state index < -0.39 is 0 Å². The Bertz CT molecular complexity index is 753. The molecular formula is C20H27N5O2.